The standard InChI is InChI=1S/C13H16ClNO2/c1-9(17-8-10-2-3-10)13(16)15-12-6-4-11(14)5-7-12/h4-7,9-10H,2-3,8H2,1H3,(H,15,16). The number of hydrogen-bond donors (Lipinski definition) is 1. The predicted molar refractivity (Wildman–Crippen MR) is 68.2 cm³/mol. The van der Waals surface area contributed by atoms with E-state index in [1.54, 1.807) is 31.2 Å². The zero-order chi connectivity index (χ0) is 12.3. The third-order valence-corrected chi connectivity index (χ3v) is 3.01. The van der Waals surface area contributed by atoms with Crippen molar-refractivity contribution in [3.8, 4) is 0 Å². The number of nitrogens with one attached hydrogen (secondary N) is 1. The molecule has 1 fully saturated rings. The Morgan fingerprint density at radius 2 is 2.12 bits per heavy atom. The lowest BCUT2D eigenvalue weighted by atomic mass is 10.3. The first kappa shape index (κ1) is 12.4. The van der Waals surface area contributed by atoms with Gasteiger partial charge in [0, 0.05) is 10.7 Å². The molecule has 0 bridgehead atoms. The van der Waals surface area contributed by atoms with Gasteiger partial charge in [0.1, 0.15) is 6.10 Å². The van der Waals surface area contributed by atoms with Crippen molar-refractivity contribution >= 4 is 23.2 Å². The highest BCUT2D eigenvalue weighted by molar-refractivity contribution is 6.30. The molecule has 0 aromatic heterocycles. The number of carbonyl (C=O) groups excluding carboxylic acids is 1. The molecule has 3 nitrogen and oxygen atoms in total. The number of carbonyl (C=O) groups is 1. The summed E-state index contributed by atoms with van der Waals surface area (Å²) >= 11 is 5.76. The smallest absolute Gasteiger partial charge is 0.253 e. The minimum Gasteiger partial charge on any atom is -0.368 e. The van der Waals surface area contributed by atoms with Gasteiger partial charge in [0.15, 0.2) is 0 Å². The lowest BCUT2D eigenvalue weighted by Gasteiger charge is -2.13. The van der Waals surface area contributed by atoms with Crippen LogP contribution in [0.2, 0.25) is 5.02 Å². The molecule has 0 spiro atoms. The van der Waals surface area contributed by atoms with Crippen LogP contribution in [0.15, 0.2) is 24.3 Å². The van der Waals surface area contributed by atoms with E-state index in [1.165, 1.54) is 12.8 Å². The first-order chi connectivity index (χ1) is 8.15. The molecule has 92 valence electrons. The van der Waals surface area contributed by atoms with Crippen molar-refractivity contribution in [1.29, 1.82) is 0 Å². The lowest BCUT2D eigenvalue weighted by molar-refractivity contribution is -0.126. The Hall–Kier alpha value is -1.06. The highest BCUT2D eigenvalue weighted by Gasteiger charge is 2.23. The van der Waals surface area contributed by atoms with Gasteiger partial charge in [-0.3, -0.25) is 4.79 Å². The summed E-state index contributed by atoms with van der Waals surface area (Å²) in [4.78, 5) is 11.8. The van der Waals surface area contributed by atoms with Gasteiger partial charge in [0.25, 0.3) is 5.91 Å². The summed E-state index contributed by atoms with van der Waals surface area (Å²) in [6.07, 6.45) is 2.04. The van der Waals surface area contributed by atoms with E-state index in [4.69, 9.17) is 16.3 Å². The molecule has 1 aromatic carbocycles. The van der Waals surface area contributed by atoms with Gasteiger partial charge in [-0.05, 0) is 49.9 Å². The second kappa shape index (κ2) is 5.52. The van der Waals surface area contributed by atoms with E-state index in [-0.39, 0.29) is 5.91 Å². The Morgan fingerprint density at radius 3 is 2.71 bits per heavy atom. The van der Waals surface area contributed by atoms with Gasteiger partial charge in [0.2, 0.25) is 0 Å². The molecule has 0 saturated heterocycles. The van der Waals surface area contributed by atoms with E-state index in [1.807, 2.05) is 0 Å². The fourth-order valence-electron chi connectivity index (χ4n) is 1.42. The fourth-order valence-corrected chi connectivity index (χ4v) is 1.54. The van der Waals surface area contributed by atoms with Crippen molar-refractivity contribution in [2.24, 2.45) is 5.92 Å². The lowest BCUT2D eigenvalue weighted by Crippen LogP contribution is -2.28. The maximum absolute atomic E-state index is 11.8. The number of anilines is 1. The average Bonchev–Trinajstić information content (AvgIpc) is 3.13. The predicted octanol–water partition coefficient (Wildman–Crippen LogP) is 3.09. The SMILES string of the molecule is CC(OCC1CC1)C(=O)Nc1ccc(Cl)cc1. The molecule has 1 amide bonds. The van der Waals surface area contributed by atoms with Crippen molar-refractivity contribution < 1.29 is 9.53 Å². The van der Waals surface area contributed by atoms with Crippen LogP contribution in [0.3, 0.4) is 0 Å². The Bertz CT molecular complexity index is 387. The molecule has 2 rings (SSSR count). The molecule has 4 heteroatoms. The third-order valence-electron chi connectivity index (χ3n) is 2.76. The third kappa shape index (κ3) is 4.02. The molecule has 1 aliphatic carbocycles. The van der Waals surface area contributed by atoms with Crippen LogP contribution < -0.4 is 5.32 Å². The fraction of sp³-hybridized carbons (Fsp3) is 0.462. The van der Waals surface area contributed by atoms with Gasteiger partial charge in [0.05, 0.1) is 6.61 Å². The van der Waals surface area contributed by atoms with E-state index in [2.05, 4.69) is 5.32 Å². The number of halogens is 1. The topological polar surface area (TPSA) is 38.3 Å². The summed E-state index contributed by atoms with van der Waals surface area (Å²) in [6.45, 7) is 2.46. The number of amides is 1. The van der Waals surface area contributed by atoms with Crippen molar-refractivity contribution in [3.05, 3.63) is 29.3 Å². The van der Waals surface area contributed by atoms with Crippen LogP contribution in [0.4, 0.5) is 5.69 Å². The number of rotatable bonds is 5. The van der Waals surface area contributed by atoms with Crippen LogP contribution in [0, 0.1) is 5.92 Å². The second-order valence-corrected chi connectivity index (χ2v) is 4.85. The van der Waals surface area contributed by atoms with E-state index in [0.29, 0.717) is 17.5 Å². The average molecular weight is 254 g/mol. The van der Waals surface area contributed by atoms with Crippen molar-refractivity contribution in [2.75, 3.05) is 11.9 Å². The molecule has 1 N–H and O–H groups in total. The Morgan fingerprint density at radius 1 is 1.47 bits per heavy atom. The molecule has 1 saturated carbocycles. The highest BCUT2D eigenvalue weighted by atomic mass is 35.5. The molecule has 17 heavy (non-hydrogen) atoms. The normalized spacial score (nSPS) is 16.6. The second-order valence-electron chi connectivity index (χ2n) is 4.42. The summed E-state index contributed by atoms with van der Waals surface area (Å²) in [5.41, 5.74) is 0.737. The van der Waals surface area contributed by atoms with Crippen molar-refractivity contribution in [3.63, 3.8) is 0 Å². The Kier molecular flexibility index (Phi) is 4.02. The first-order valence-corrected chi connectivity index (χ1v) is 6.21. The van der Waals surface area contributed by atoms with E-state index < -0.39 is 6.10 Å². The van der Waals surface area contributed by atoms with Gasteiger partial charge >= 0.3 is 0 Å². The zero-order valence-electron chi connectivity index (χ0n) is 9.78. The largest absolute Gasteiger partial charge is 0.368 e. The van der Waals surface area contributed by atoms with Crippen LogP contribution in [0.25, 0.3) is 0 Å². The van der Waals surface area contributed by atoms with Gasteiger partial charge in [-0.15, -0.1) is 0 Å². The number of ether oxygens (including phenoxy) is 1. The van der Waals surface area contributed by atoms with Crippen LogP contribution in [0.5, 0.6) is 0 Å². The molecular weight excluding hydrogens is 238 g/mol. The van der Waals surface area contributed by atoms with Crippen LogP contribution in [-0.4, -0.2) is 18.6 Å². The molecular formula is C13H16ClNO2. The quantitative estimate of drug-likeness (QED) is 0.876. The van der Waals surface area contributed by atoms with Crippen LogP contribution in [-0.2, 0) is 9.53 Å². The van der Waals surface area contributed by atoms with Crippen molar-refractivity contribution in [2.45, 2.75) is 25.9 Å². The molecule has 1 aliphatic rings. The van der Waals surface area contributed by atoms with Crippen LogP contribution >= 0.6 is 11.6 Å². The summed E-state index contributed by atoms with van der Waals surface area (Å²) in [5, 5.41) is 3.44. The van der Waals surface area contributed by atoms with Gasteiger partial charge in [-0.1, -0.05) is 11.6 Å². The van der Waals surface area contributed by atoms with E-state index >= 15 is 0 Å². The van der Waals surface area contributed by atoms with Crippen LogP contribution in [0.1, 0.15) is 19.8 Å². The number of benzene rings is 1. The first-order valence-electron chi connectivity index (χ1n) is 5.83. The molecule has 0 heterocycles. The molecule has 0 radical (unpaired) electrons. The monoisotopic (exact) mass is 253 g/mol. The molecule has 1 unspecified atom stereocenters. The minimum atomic E-state index is -0.411. The summed E-state index contributed by atoms with van der Waals surface area (Å²) in [6, 6.07) is 7.03. The Balaban J connectivity index is 1.80. The van der Waals surface area contributed by atoms with Gasteiger partial charge < -0.3 is 10.1 Å². The zero-order valence-corrected chi connectivity index (χ0v) is 10.5. The number of hydrogen-bond acceptors (Lipinski definition) is 2. The maximum Gasteiger partial charge on any atom is 0.253 e. The highest BCUT2D eigenvalue weighted by Crippen LogP contribution is 2.29. The van der Waals surface area contributed by atoms with Gasteiger partial charge in [-0.25, -0.2) is 0 Å². The Labute approximate surface area is 106 Å². The summed E-state index contributed by atoms with van der Waals surface area (Å²) < 4.78 is 5.49. The minimum absolute atomic E-state index is 0.118. The molecule has 0 aliphatic heterocycles. The molecule has 1 aromatic rings. The maximum atomic E-state index is 11.8. The van der Waals surface area contributed by atoms with E-state index in [0.717, 1.165) is 5.69 Å². The molecule has 1 atom stereocenters. The van der Waals surface area contributed by atoms with Crippen molar-refractivity contribution in [1.82, 2.24) is 0 Å². The van der Waals surface area contributed by atoms with Gasteiger partial charge in [-0.2, -0.15) is 0 Å². The summed E-state index contributed by atoms with van der Waals surface area (Å²) in [7, 11) is 0. The summed E-state index contributed by atoms with van der Waals surface area (Å²) in [5.74, 6) is 0.550. The van der Waals surface area contributed by atoms with E-state index in [9.17, 15) is 4.79 Å².